The lowest BCUT2D eigenvalue weighted by molar-refractivity contribution is 0.00561. The molecule has 1 saturated heterocycles. The second-order valence-electron chi connectivity index (χ2n) is 8.03. The highest BCUT2D eigenvalue weighted by atomic mass is 35.5. The van der Waals surface area contributed by atoms with Crippen molar-refractivity contribution in [1.29, 1.82) is 0 Å². The molecule has 2 N–H and O–H groups in total. The number of nitrogens with zero attached hydrogens (tertiary/aromatic N) is 3. The van der Waals surface area contributed by atoms with Crippen LogP contribution in [0, 0.1) is 0 Å². The fraction of sp³-hybridized carbons (Fsp3) is 0.409. The number of carbonyl (C=O) groups is 1. The van der Waals surface area contributed by atoms with Gasteiger partial charge in [-0.1, -0.05) is 29.8 Å². The van der Waals surface area contributed by atoms with Crippen LogP contribution < -0.4 is 0 Å². The normalized spacial score (nSPS) is 21.7. The maximum absolute atomic E-state index is 11.3. The number of amides is 1. The number of fused-ring (bicyclic) bond motifs is 3. The van der Waals surface area contributed by atoms with Crippen molar-refractivity contribution in [2.45, 2.75) is 38.6 Å². The Morgan fingerprint density at radius 1 is 1.07 bits per heavy atom. The second kappa shape index (κ2) is 7.86. The largest absolute Gasteiger partial charge is 0.465 e. The predicted molar refractivity (Wildman–Crippen MR) is 116 cm³/mol. The third kappa shape index (κ3) is 3.80. The van der Waals surface area contributed by atoms with E-state index in [-0.39, 0.29) is 12.1 Å². The van der Waals surface area contributed by atoms with Crippen molar-refractivity contribution in [3.05, 3.63) is 47.5 Å². The fourth-order valence-electron chi connectivity index (χ4n) is 4.61. The van der Waals surface area contributed by atoms with Crippen LogP contribution in [0.5, 0.6) is 0 Å². The lowest BCUT2D eigenvalue weighted by Gasteiger charge is -2.44. The number of benzene rings is 2. The van der Waals surface area contributed by atoms with Crippen LogP contribution in [-0.4, -0.2) is 68.5 Å². The summed E-state index contributed by atoms with van der Waals surface area (Å²) in [5, 5.41) is 23.1. The third-order valence-corrected chi connectivity index (χ3v) is 6.16. The average molecular weight is 416 g/mol. The molecule has 0 aliphatic carbocycles. The van der Waals surface area contributed by atoms with Gasteiger partial charge in [-0.3, -0.25) is 4.90 Å². The van der Waals surface area contributed by atoms with Crippen molar-refractivity contribution in [3.8, 4) is 0 Å². The van der Waals surface area contributed by atoms with Crippen molar-refractivity contribution < 1.29 is 15.0 Å². The van der Waals surface area contributed by atoms with Crippen LogP contribution in [0.15, 0.2) is 42.5 Å². The van der Waals surface area contributed by atoms with Crippen LogP contribution >= 0.6 is 11.6 Å². The summed E-state index contributed by atoms with van der Waals surface area (Å²) in [6.45, 7) is 5.91. The van der Waals surface area contributed by atoms with Crippen molar-refractivity contribution >= 4 is 39.5 Å². The Morgan fingerprint density at radius 3 is 2.41 bits per heavy atom. The Bertz CT molecular complexity index is 1040. The van der Waals surface area contributed by atoms with E-state index >= 15 is 0 Å². The maximum Gasteiger partial charge on any atom is 0.407 e. The smallest absolute Gasteiger partial charge is 0.407 e. The first-order valence-corrected chi connectivity index (χ1v) is 10.3. The molecule has 3 aromatic rings. The van der Waals surface area contributed by atoms with Crippen LogP contribution in [0.25, 0.3) is 21.8 Å². The van der Waals surface area contributed by atoms with Gasteiger partial charge in [0.05, 0.1) is 12.6 Å². The highest BCUT2D eigenvalue weighted by Gasteiger charge is 2.32. The zero-order valence-electron chi connectivity index (χ0n) is 16.6. The molecular formula is C22H26ClN3O3. The van der Waals surface area contributed by atoms with E-state index in [1.807, 2.05) is 44.2 Å². The van der Waals surface area contributed by atoms with E-state index in [1.165, 1.54) is 4.90 Å². The number of halogens is 1. The molecule has 6 nitrogen and oxygen atoms in total. The highest BCUT2D eigenvalue weighted by Crippen LogP contribution is 2.31. The van der Waals surface area contributed by atoms with Crippen molar-refractivity contribution in [3.63, 3.8) is 0 Å². The van der Waals surface area contributed by atoms with Gasteiger partial charge in [-0.15, -0.1) is 0 Å². The van der Waals surface area contributed by atoms with E-state index in [9.17, 15) is 15.0 Å². The number of rotatable bonds is 4. The Morgan fingerprint density at radius 2 is 1.72 bits per heavy atom. The Balaban J connectivity index is 1.58. The number of para-hydroxylation sites is 1. The van der Waals surface area contributed by atoms with Gasteiger partial charge < -0.3 is 19.7 Å². The molecule has 0 saturated carbocycles. The molecule has 0 spiro atoms. The molecule has 154 valence electrons. The number of hydrogen-bond donors (Lipinski definition) is 2. The molecule has 3 atom stereocenters. The lowest BCUT2D eigenvalue weighted by atomic mass is 10.1. The summed E-state index contributed by atoms with van der Waals surface area (Å²) in [4.78, 5) is 15.0. The van der Waals surface area contributed by atoms with Crippen molar-refractivity contribution in [1.82, 2.24) is 14.4 Å². The summed E-state index contributed by atoms with van der Waals surface area (Å²) in [6.07, 6.45) is -1.46. The van der Waals surface area contributed by atoms with Crippen molar-refractivity contribution in [2.24, 2.45) is 0 Å². The number of aliphatic hydroxyl groups is 1. The van der Waals surface area contributed by atoms with Crippen LogP contribution in [0.3, 0.4) is 0 Å². The van der Waals surface area contributed by atoms with E-state index in [4.69, 9.17) is 11.6 Å². The molecule has 4 rings (SSSR count). The topological polar surface area (TPSA) is 68.9 Å². The molecule has 29 heavy (non-hydrogen) atoms. The number of hydrogen-bond acceptors (Lipinski definition) is 3. The zero-order valence-corrected chi connectivity index (χ0v) is 17.4. The van der Waals surface area contributed by atoms with Gasteiger partial charge in [0.15, 0.2) is 0 Å². The standard InChI is InChI=1S/C22H26ClN3O3/c1-14-10-24(22(28)29)11-15(2)25(14)12-17(27)13-26-20-6-4-3-5-18(20)19-9-16(23)7-8-21(19)26/h3-9,14-15,17,27H,10-13H2,1-2H3,(H,28,29). The van der Waals surface area contributed by atoms with E-state index in [1.54, 1.807) is 0 Å². The van der Waals surface area contributed by atoms with Gasteiger partial charge in [-0.25, -0.2) is 4.79 Å². The van der Waals surface area contributed by atoms with Crippen molar-refractivity contribution in [2.75, 3.05) is 19.6 Å². The molecule has 2 heterocycles. The monoisotopic (exact) mass is 415 g/mol. The molecule has 0 radical (unpaired) electrons. The molecule has 1 aliphatic heterocycles. The van der Waals surface area contributed by atoms with Crippen LogP contribution in [0.2, 0.25) is 5.02 Å². The molecule has 1 aromatic heterocycles. The predicted octanol–water partition coefficient (Wildman–Crippen LogP) is 3.88. The Labute approximate surface area is 174 Å². The Kier molecular flexibility index (Phi) is 5.42. The van der Waals surface area contributed by atoms with E-state index in [0.29, 0.717) is 31.2 Å². The number of aromatic nitrogens is 1. The molecule has 1 amide bonds. The number of aliphatic hydroxyl groups excluding tert-OH is 1. The molecular weight excluding hydrogens is 390 g/mol. The molecule has 0 bridgehead atoms. The molecule has 2 aromatic carbocycles. The first kappa shape index (κ1) is 20.0. The summed E-state index contributed by atoms with van der Waals surface area (Å²) in [6, 6.07) is 14.1. The first-order valence-electron chi connectivity index (χ1n) is 9.93. The number of piperazine rings is 1. The summed E-state index contributed by atoms with van der Waals surface area (Å²) in [5.74, 6) is 0. The van der Waals surface area contributed by atoms with Crippen LogP contribution in [0.1, 0.15) is 13.8 Å². The fourth-order valence-corrected chi connectivity index (χ4v) is 4.78. The van der Waals surface area contributed by atoms with E-state index in [2.05, 4.69) is 21.6 Å². The first-order chi connectivity index (χ1) is 13.8. The summed E-state index contributed by atoms with van der Waals surface area (Å²) in [5.41, 5.74) is 2.12. The molecule has 1 fully saturated rings. The van der Waals surface area contributed by atoms with E-state index in [0.717, 1.165) is 21.8 Å². The average Bonchev–Trinajstić information content (AvgIpc) is 2.97. The van der Waals surface area contributed by atoms with Gasteiger partial charge in [-0.2, -0.15) is 0 Å². The molecule has 7 heteroatoms. The van der Waals surface area contributed by atoms with Gasteiger partial charge in [0.25, 0.3) is 0 Å². The third-order valence-electron chi connectivity index (χ3n) is 5.92. The van der Waals surface area contributed by atoms with Gasteiger partial charge >= 0.3 is 6.09 Å². The number of β-amino-alcohol motifs (C(OH)–C–C–N with tert-alkyl or cyclic N) is 1. The van der Waals surface area contributed by atoms with Gasteiger partial charge in [0.1, 0.15) is 0 Å². The number of carboxylic acid groups (broad SMARTS) is 1. The minimum atomic E-state index is -0.882. The summed E-state index contributed by atoms with van der Waals surface area (Å²) < 4.78 is 2.15. The Hall–Kier alpha value is -2.28. The highest BCUT2D eigenvalue weighted by molar-refractivity contribution is 6.31. The molecule has 3 unspecified atom stereocenters. The molecule has 1 aliphatic rings. The van der Waals surface area contributed by atoms with Gasteiger partial charge in [0.2, 0.25) is 0 Å². The van der Waals surface area contributed by atoms with Crippen LogP contribution in [0.4, 0.5) is 4.79 Å². The summed E-state index contributed by atoms with van der Waals surface area (Å²) in [7, 11) is 0. The summed E-state index contributed by atoms with van der Waals surface area (Å²) >= 11 is 6.22. The minimum absolute atomic E-state index is 0.0569. The van der Waals surface area contributed by atoms with E-state index < -0.39 is 12.2 Å². The zero-order chi connectivity index (χ0) is 20.7. The lowest BCUT2D eigenvalue weighted by Crippen LogP contribution is -2.59. The maximum atomic E-state index is 11.3. The van der Waals surface area contributed by atoms with Crippen LogP contribution in [-0.2, 0) is 6.54 Å². The van der Waals surface area contributed by atoms with Gasteiger partial charge in [0, 0.05) is 58.5 Å². The SMILES string of the molecule is CC1CN(C(=O)O)CC(C)N1CC(O)Cn1c2ccccc2c2cc(Cl)ccc21. The quantitative estimate of drug-likeness (QED) is 0.678. The second-order valence-corrected chi connectivity index (χ2v) is 8.46. The van der Waals surface area contributed by atoms with Gasteiger partial charge in [-0.05, 0) is 38.1 Å². The minimum Gasteiger partial charge on any atom is -0.465 e.